The Morgan fingerprint density at radius 2 is 1.74 bits per heavy atom. The van der Waals surface area contributed by atoms with Crippen molar-refractivity contribution in [3.63, 3.8) is 0 Å². The number of carbonyl (C=O) groups is 2. The largest absolute Gasteiger partial charge is 0.496 e. The Bertz CT molecular complexity index is 786. The van der Waals surface area contributed by atoms with Crippen LogP contribution in [-0.2, 0) is 22.4 Å². The molecule has 144 valence electrons. The number of benzene rings is 1. The maximum atomic E-state index is 12.7. The molecular weight excluding hydrogens is 342 g/mol. The second kappa shape index (κ2) is 8.75. The van der Waals surface area contributed by atoms with Crippen LogP contribution in [0.15, 0.2) is 36.5 Å². The van der Waals surface area contributed by atoms with E-state index in [4.69, 9.17) is 4.74 Å². The van der Waals surface area contributed by atoms with Crippen molar-refractivity contribution in [2.75, 3.05) is 33.3 Å². The predicted molar refractivity (Wildman–Crippen MR) is 104 cm³/mol. The summed E-state index contributed by atoms with van der Waals surface area (Å²) < 4.78 is 5.27. The maximum Gasteiger partial charge on any atom is 0.228 e. The lowest BCUT2D eigenvalue weighted by Crippen LogP contribution is -2.38. The Morgan fingerprint density at radius 1 is 1.04 bits per heavy atom. The van der Waals surface area contributed by atoms with Crippen LogP contribution < -0.4 is 4.74 Å². The monoisotopic (exact) mass is 369 g/mol. The van der Waals surface area contributed by atoms with Crippen LogP contribution in [0, 0.1) is 6.92 Å². The number of ether oxygens (including phenoxy) is 1. The molecule has 0 atom stereocenters. The van der Waals surface area contributed by atoms with Crippen molar-refractivity contribution in [1.29, 1.82) is 0 Å². The molecule has 0 unspecified atom stereocenters. The molecule has 2 aromatic rings. The van der Waals surface area contributed by atoms with Crippen LogP contribution in [0.2, 0.25) is 0 Å². The lowest BCUT2D eigenvalue weighted by atomic mass is 10.1. The van der Waals surface area contributed by atoms with Gasteiger partial charge in [0.25, 0.3) is 0 Å². The minimum absolute atomic E-state index is 0.109. The van der Waals surface area contributed by atoms with Gasteiger partial charge in [-0.1, -0.05) is 12.1 Å². The van der Waals surface area contributed by atoms with Gasteiger partial charge in [0.2, 0.25) is 11.8 Å². The maximum absolute atomic E-state index is 12.7. The minimum Gasteiger partial charge on any atom is -0.496 e. The van der Waals surface area contributed by atoms with E-state index >= 15 is 0 Å². The summed E-state index contributed by atoms with van der Waals surface area (Å²) >= 11 is 0. The first kappa shape index (κ1) is 19.0. The zero-order valence-electron chi connectivity index (χ0n) is 16.0. The summed E-state index contributed by atoms with van der Waals surface area (Å²) in [6.45, 7) is 4.55. The molecular formula is C21H27N3O3. The van der Waals surface area contributed by atoms with Crippen molar-refractivity contribution in [2.45, 2.75) is 26.2 Å². The van der Waals surface area contributed by atoms with Crippen LogP contribution in [0.5, 0.6) is 5.75 Å². The van der Waals surface area contributed by atoms with Crippen molar-refractivity contribution < 1.29 is 14.3 Å². The van der Waals surface area contributed by atoms with Crippen LogP contribution in [0.4, 0.5) is 0 Å². The Labute approximate surface area is 160 Å². The molecule has 1 fully saturated rings. The van der Waals surface area contributed by atoms with Crippen molar-refractivity contribution in [3.05, 3.63) is 53.3 Å². The van der Waals surface area contributed by atoms with Gasteiger partial charge >= 0.3 is 0 Å². The van der Waals surface area contributed by atoms with Gasteiger partial charge in [-0.05, 0) is 42.7 Å². The number of H-pyrrole nitrogens is 1. The summed E-state index contributed by atoms with van der Waals surface area (Å²) in [6, 6.07) is 9.66. The van der Waals surface area contributed by atoms with E-state index in [-0.39, 0.29) is 11.8 Å². The van der Waals surface area contributed by atoms with Gasteiger partial charge in [-0.25, -0.2) is 0 Å². The van der Waals surface area contributed by atoms with E-state index in [1.54, 1.807) is 7.11 Å². The Balaban J connectivity index is 1.54. The number of carbonyl (C=O) groups excluding carboxylic acids is 2. The second-order valence-electron chi connectivity index (χ2n) is 6.97. The van der Waals surface area contributed by atoms with E-state index in [0.29, 0.717) is 39.0 Å². The summed E-state index contributed by atoms with van der Waals surface area (Å²) in [4.78, 5) is 32.0. The van der Waals surface area contributed by atoms with E-state index in [1.165, 1.54) is 0 Å². The number of hydrogen-bond donors (Lipinski definition) is 1. The fourth-order valence-electron chi connectivity index (χ4n) is 3.51. The van der Waals surface area contributed by atoms with Crippen LogP contribution in [0.25, 0.3) is 0 Å². The summed E-state index contributed by atoms with van der Waals surface area (Å²) in [6.07, 6.45) is 3.39. The molecule has 1 aliphatic heterocycles. The van der Waals surface area contributed by atoms with Crippen molar-refractivity contribution in [3.8, 4) is 5.75 Å². The highest BCUT2D eigenvalue weighted by Crippen LogP contribution is 2.19. The number of hydrogen-bond acceptors (Lipinski definition) is 3. The molecule has 27 heavy (non-hydrogen) atoms. The topological polar surface area (TPSA) is 65.6 Å². The lowest BCUT2D eigenvalue weighted by molar-refractivity contribution is -0.132. The molecule has 0 bridgehead atoms. The quantitative estimate of drug-likeness (QED) is 0.879. The van der Waals surface area contributed by atoms with Gasteiger partial charge in [0.05, 0.1) is 20.0 Å². The van der Waals surface area contributed by atoms with E-state index in [1.807, 2.05) is 53.3 Å². The number of nitrogens with one attached hydrogen (secondary N) is 1. The predicted octanol–water partition coefficient (Wildman–Crippen LogP) is 2.18. The first-order chi connectivity index (χ1) is 13.1. The molecule has 1 aliphatic rings. The highest BCUT2D eigenvalue weighted by Gasteiger charge is 2.22. The van der Waals surface area contributed by atoms with E-state index in [9.17, 15) is 9.59 Å². The molecule has 1 aromatic heterocycles. The molecule has 2 amide bonds. The minimum atomic E-state index is 0.109. The molecule has 1 saturated heterocycles. The van der Waals surface area contributed by atoms with Gasteiger partial charge in [0.15, 0.2) is 0 Å². The Hall–Kier alpha value is -2.76. The van der Waals surface area contributed by atoms with E-state index < -0.39 is 0 Å². The highest BCUT2D eigenvalue weighted by atomic mass is 16.5. The molecule has 1 N–H and O–H groups in total. The zero-order valence-corrected chi connectivity index (χ0v) is 16.0. The summed E-state index contributed by atoms with van der Waals surface area (Å²) in [5.74, 6) is 1.05. The van der Waals surface area contributed by atoms with Crippen molar-refractivity contribution in [1.82, 2.24) is 14.8 Å². The average Bonchev–Trinajstić information content (AvgIpc) is 3.02. The van der Waals surface area contributed by atoms with Crippen LogP contribution in [0.1, 0.15) is 23.2 Å². The van der Waals surface area contributed by atoms with Gasteiger partial charge in [-0.3, -0.25) is 9.59 Å². The number of nitrogens with zero attached hydrogens (tertiary/aromatic N) is 2. The standard InChI is InChI=1S/C21H27N3O3/c1-16-13-17(6-7-19(16)27-2)14-20(25)23-9-4-10-24(12-11-23)21(26)15-18-5-3-8-22-18/h3,5-8,13,22H,4,9-12,14-15H2,1-2H3. The van der Waals surface area contributed by atoms with Gasteiger partial charge in [0.1, 0.15) is 5.75 Å². The molecule has 0 saturated carbocycles. The SMILES string of the molecule is COc1ccc(CC(=O)N2CCCN(C(=O)Cc3ccc[nH]3)CC2)cc1C. The summed E-state index contributed by atoms with van der Waals surface area (Å²) in [5.41, 5.74) is 2.94. The first-order valence-electron chi connectivity index (χ1n) is 9.38. The van der Waals surface area contributed by atoms with Crippen LogP contribution >= 0.6 is 0 Å². The molecule has 0 radical (unpaired) electrons. The Kier molecular flexibility index (Phi) is 6.16. The molecule has 0 spiro atoms. The average molecular weight is 369 g/mol. The third-order valence-corrected chi connectivity index (χ3v) is 5.02. The van der Waals surface area contributed by atoms with Crippen LogP contribution in [-0.4, -0.2) is 59.9 Å². The van der Waals surface area contributed by atoms with E-state index in [2.05, 4.69) is 4.98 Å². The fraction of sp³-hybridized carbons (Fsp3) is 0.429. The number of aryl methyl sites for hydroxylation is 1. The number of methoxy groups -OCH3 is 1. The molecule has 3 rings (SSSR count). The molecule has 2 heterocycles. The third-order valence-electron chi connectivity index (χ3n) is 5.02. The zero-order chi connectivity index (χ0) is 19.2. The molecule has 6 nitrogen and oxygen atoms in total. The summed E-state index contributed by atoms with van der Waals surface area (Å²) in [5, 5.41) is 0. The van der Waals surface area contributed by atoms with Gasteiger partial charge in [0, 0.05) is 38.1 Å². The number of aromatic amines is 1. The van der Waals surface area contributed by atoms with E-state index in [0.717, 1.165) is 29.0 Å². The number of amides is 2. The summed E-state index contributed by atoms with van der Waals surface area (Å²) in [7, 11) is 1.65. The van der Waals surface area contributed by atoms with Crippen LogP contribution in [0.3, 0.4) is 0 Å². The van der Waals surface area contributed by atoms with Gasteiger partial charge in [-0.15, -0.1) is 0 Å². The van der Waals surface area contributed by atoms with Crippen molar-refractivity contribution in [2.24, 2.45) is 0 Å². The molecule has 0 aliphatic carbocycles. The number of rotatable bonds is 5. The highest BCUT2D eigenvalue weighted by molar-refractivity contribution is 5.80. The number of aromatic nitrogens is 1. The van der Waals surface area contributed by atoms with Gasteiger partial charge < -0.3 is 19.5 Å². The fourth-order valence-corrected chi connectivity index (χ4v) is 3.51. The normalized spacial score (nSPS) is 14.7. The molecule has 1 aromatic carbocycles. The molecule has 6 heteroatoms. The Morgan fingerprint density at radius 3 is 2.33 bits per heavy atom. The smallest absolute Gasteiger partial charge is 0.228 e. The van der Waals surface area contributed by atoms with Gasteiger partial charge in [-0.2, -0.15) is 0 Å². The lowest BCUT2D eigenvalue weighted by Gasteiger charge is -2.22. The second-order valence-corrected chi connectivity index (χ2v) is 6.97. The van der Waals surface area contributed by atoms with Crippen molar-refractivity contribution >= 4 is 11.8 Å². The first-order valence-corrected chi connectivity index (χ1v) is 9.38. The third kappa shape index (κ3) is 4.90.